The number of amides is 3. The number of hydrogen-bond acceptors (Lipinski definition) is 3. The minimum Gasteiger partial charge on any atom is -0.362 e. The Bertz CT molecular complexity index is 673. The van der Waals surface area contributed by atoms with E-state index in [-0.39, 0.29) is 29.6 Å². The van der Waals surface area contributed by atoms with Crippen LogP contribution < -0.4 is 5.32 Å². The summed E-state index contributed by atoms with van der Waals surface area (Å²) in [6.07, 6.45) is 2.07. The number of carbonyl (C=O) groups excluding carboxylic acids is 2. The van der Waals surface area contributed by atoms with Crippen LogP contribution in [0.3, 0.4) is 0 Å². The molecule has 1 aromatic carbocycles. The first-order valence-electron chi connectivity index (χ1n) is 9.32. The molecule has 0 aliphatic carbocycles. The number of hydrogen-bond donors (Lipinski definition) is 1. The van der Waals surface area contributed by atoms with Crippen LogP contribution in [-0.4, -0.2) is 60.6 Å². The second-order valence-electron chi connectivity index (χ2n) is 7.84. The number of nitrogens with one attached hydrogen (secondary N) is 1. The fourth-order valence-electron chi connectivity index (χ4n) is 3.97. The molecule has 2 saturated heterocycles. The number of rotatable bonds is 2. The lowest BCUT2D eigenvalue weighted by Crippen LogP contribution is -2.53. The highest BCUT2D eigenvalue weighted by Crippen LogP contribution is 2.42. The molecule has 1 N–H and O–H groups in total. The van der Waals surface area contributed by atoms with Gasteiger partial charge in [0.05, 0.1) is 5.60 Å². The fourth-order valence-corrected chi connectivity index (χ4v) is 3.97. The lowest BCUT2D eigenvalue weighted by molar-refractivity contribution is -0.153. The molecule has 142 valence electrons. The summed E-state index contributed by atoms with van der Waals surface area (Å²) in [5.41, 5.74) is 1.69. The maximum Gasteiger partial charge on any atom is 0.321 e. The minimum absolute atomic E-state index is 0.0358. The molecule has 6 heteroatoms. The molecule has 2 fully saturated rings. The van der Waals surface area contributed by atoms with Crippen molar-refractivity contribution in [2.45, 2.75) is 44.8 Å². The molecule has 0 saturated carbocycles. The first-order valence-corrected chi connectivity index (χ1v) is 9.32. The van der Waals surface area contributed by atoms with E-state index in [1.165, 1.54) is 0 Å². The standard InChI is InChI=1S/C20H29N3O3/c1-14-5-7-16(8-6-14)21-19(25)23-12-11-20(15(2)13-23)10-9-17(26-20)18(24)22(3)4/h5-8,15,17H,9-13H2,1-4H3,(H,21,25)/t15-,17-,20+/m0/s1. The number of piperidine rings is 1. The molecule has 2 heterocycles. The summed E-state index contributed by atoms with van der Waals surface area (Å²) in [5, 5.41) is 2.97. The van der Waals surface area contributed by atoms with Gasteiger partial charge in [0.1, 0.15) is 6.10 Å². The first-order chi connectivity index (χ1) is 12.3. The third-order valence-electron chi connectivity index (χ3n) is 5.71. The SMILES string of the molecule is Cc1ccc(NC(=O)N2CC[C@]3(CC[C@@H](C(=O)N(C)C)O3)[C@@H](C)C2)cc1. The Balaban J connectivity index is 1.59. The normalized spacial score (nSPS) is 28.2. The van der Waals surface area contributed by atoms with Crippen molar-refractivity contribution in [2.24, 2.45) is 5.92 Å². The molecule has 1 spiro atoms. The Morgan fingerprint density at radius 2 is 1.92 bits per heavy atom. The Kier molecular flexibility index (Phi) is 5.23. The zero-order valence-corrected chi connectivity index (χ0v) is 16.1. The van der Waals surface area contributed by atoms with Crippen molar-refractivity contribution in [2.75, 3.05) is 32.5 Å². The van der Waals surface area contributed by atoms with Crippen molar-refractivity contribution >= 4 is 17.6 Å². The Hall–Kier alpha value is -2.08. The third-order valence-corrected chi connectivity index (χ3v) is 5.71. The van der Waals surface area contributed by atoms with Gasteiger partial charge in [-0.3, -0.25) is 4.79 Å². The summed E-state index contributed by atoms with van der Waals surface area (Å²) >= 11 is 0. The summed E-state index contributed by atoms with van der Waals surface area (Å²) in [7, 11) is 3.52. The number of carbonyl (C=O) groups is 2. The maximum absolute atomic E-state index is 12.6. The van der Waals surface area contributed by atoms with Gasteiger partial charge in [-0.2, -0.15) is 0 Å². The van der Waals surface area contributed by atoms with E-state index in [9.17, 15) is 9.59 Å². The number of urea groups is 1. The lowest BCUT2D eigenvalue weighted by atomic mass is 9.80. The average Bonchev–Trinajstić information content (AvgIpc) is 3.04. The van der Waals surface area contributed by atoms with Crippen molar-refractivity contribution < 1.29 is 14.3 Å². The van der Waals surface area contributed by atoms with E-state index in [1.54, 1.807) is 19.0 Å². The van der Waals surface area contributed by atoms with Crippen LogP contribution in [0, 0.1) is 12.8 Å². The van der Waals surface area contributed by atoms with Gasteiger partial charge in [0.2, 0.25) is 0 Å². The van der Waals surface area contributed by atoms with Gasteiger partial charge in [-0.15, -0.1) is 0 Å². The van der Waals surface area contributed by atoms with E-state index in [0.29, 0.717) is 13.1 Å². The second-order valence-corrected chi connectivity index (χ2v) is 7.84. The van der Waals surface area contributed by atoms with Crippen molar-refractivity contribution in [1.29, 1.82) is 0 Å². The van der Waals surface area contributed by atoms with Crippen LogP contribution in [0.1, 0.15) is 31.7 Å². The summed E-state index contributed by atoms with van der Waals surface area (Å²) in [6, 6.07) is 7.73. The van der Waals surface area contributed by atoms with E-state index in [2.05, 4.69) is 12.2 Å². The smallest absolute Gasteiger partial charge is 0.321 e. The number of anilines is 1. The molecule has 0 radical (unpaired) electrons. The molecule has 1 aromatic rings. The van der Waals surface area contributed by atoms with Crippen molar-refractivity contribution in [1.82, 2.24) is 9.80 Å². The van der Waals surface area contributed by atoms with Gasteiger partial charge >= 0.3 is 6.03 Å². The van der Waals surface area contributed by atoms with Gasteiger partial charge in [-0.05, 0) is 38.3 Å². The molecule has 0 bridgehead atoms. The summed E-state index contributed by atoms with van der Waals surface area (Å²) in [5.74, 6) is 0.230. The molecule has 6 nitrogen and oxygen atoms in total. The van der Waals surface area contributed by atoms with Crippen LogP contribution in [0.4, 0.5) is 10.5 Å². The monoisotopic (exact) mass is 359 g/mol. The number of likely N-dealkylation sites (tertiary alicyclic amines) is 1. The molecular formula is C20H29N3O3. The third kappa shape index (κ3) is 3.70. The maximum atomic E-state index is 12.6. The van der Waals surface area contributed by atoms with Crippen LogP contribution in [-0.2, 0) is 9.53 Å². The van der Waals surface area contributed by atoms with Gasteiger partial charge in [-0.25, -0.2) is 4.79 Å². The van der Waals surface area contributed by atoms with Crippen LogP contribution >= 0.6 is 0 Å². The molecule has 2 aliphatic heterocycles. The lowest BCUT2D eigenvalue weighted by Gasteiger charge is -2.44. The molecule has 0 unspecified atom stereocenters. The zero-order chi connectivity index (χ0) is 18.9. The van der Waals surface area contributed by atoms with Crippen LogP contribution in [0.25, 0.3) is 0 Å². The Morgan fingerprint density at radius 3 is 2.54 bits per heavy atom. The van der Waals surface area contributed by atoms with Gasteiger partial charge in [0.25, 0.3) is 5.91 Å². The van der Waals surface area contributed by atoms with Crippen molar-refractivity contribution in [3.63, 3.8) is 0 Å². The Morgan fingerprint density at radius 1 is 1.23 bits per heavy atom. The van der Waals surface area contributed by atoms with Gasteiger partial charge in [0.15, 0.2) is 0 Å². The number of nitrogens with zero attached hydrogens (tertiary/aromatic N) is 2. The van der Waals surface area contributed by atoms with Crippen molar-refractivity contribution in [3.05, 3.63) is 29.8 Å². The van der Waals surface area contributed by atoms with Crippen LogP contribution in [0.2, 0.25) is 0 Å². The summed E-state index contributed by atoms with van der Waals surface area (Å²) in [6.45, 7) is 5.42. The number of aryl methyl sites for hydroxylation is 1. The largest absolute Gasteiger partial charge is 0.362 e. The van der Waals surface area contributed by atoms with E-state index in [0.717, 1.165) is 30.5 Å². The minimum atomic E-state index is -0.347. The van der Waals surface area contributed by atoms with E-state index >= 15 is 0 Å². The van der Waals surface area contributed by atoms with E-state index in [4.69, 9.17) is 4.74 Å². The highest BCUT2D eigenvalue weighted by Gasteiger charge is 2.49. The average molecular weight is 359 g/mol. The second kappa shape index (κ2) is 7.27. The molecule has 3 atom stereocenters. The zero-order valence-electron chi connectivity index (χ0n) is 16.1. The number of benzene rings is 1. The highest BCUT2D eigenvalue weighted by molar-refractivity contribution is 5.89. The van der Waals surface area contributed by atoms with Gasteiger partial charge in [-0.1, -0.05) is 24.6 Å². The quantitative estimate of drug-likeness (QED) is 0.883. The molecule has 3 amide bonds. The van der Waals surface area contributed by atoms with E-state index in [1.807, 2.05) is 36.1 Å². The first kappa shape index (κ1) is 18.7. The summed E-state index contributed by atoms with van der Waals surface area (Å²) < 4.78 is 6.24. The molecule has 0 aromatic heterocycles. The van der Waals surface area contributed by atoms with Gasteiger partial charge < -0.3 is 19.9 Å². The molecule has 2 aliphatic rings. The Labute approximate surface area is 155 Å². The van der Waals surface area contributed by atoms with Crippen molar-refractivity contribution in [3.8, 4) is 0 Å². The van der Waals surface area contributed by atoms with E-state index < -0.39 is 0 Å². The summed E-state index contributed by atoms with van der Waals surface area (Å²) in [4.78, 5) is 28.2. The van der Waals surface area contributed by atoms with Gasteiger partial charge in [0, 0.05) is 38.8 Å². The van der Waals surface area contributed by atoms with Crippen LogP contribution in [0.15, 0.2) is 24.3 Å². The predicted molar refractivity (Wildman–Crippen MR) is 101 cm³/mol. The topological polar surface area (TPSA) is 61.9 Å². The van der Waals surface area contributed by atoms with Crippen LogP contribution in [0.5, 0.6) is 0 Å². The number of likely N-dealkylation sites (N-methyl/N-ethyl adjacent to an activating group) is 1. The number of ether oxygens (including phenoxy) is 1. The molecular weight excluding hydrogens is 330 g/mol. The fraction of sp³-hybridized carbons (Fsp3) is 0.600. The predicted octanol–water partition coefficient (Wildman–Crippen LogP) is 2.87. The molecule has 3 rings (SSSR count). The molecule has 26 heavy (non-hydrogen) atoms. The highest BCUT2D eigenvalue weighted by atomic mass is 16.5.